The van der Waals surface area contributed by atoms with Crippen LogP contribution in [0.2, 0.25) is 5.28 Å². The van der Waals surface area contributed by atoms with Crippen molar-refractivity contribution in [2.75, 3.05) is 13.1 Å². The lowest BCUT2D eigenvalue weighted by Crippen LogP contribution is -2.42. The molecule has 1 N–H and O–H groups in total. The van der Waals surface area contributed by atoms with Crippen molar-refractivity contribution in [1.29, 1.82) is 0 Å². The van der Waals surface area contributed by atoms with E-state index >= 15 is 0 Å². The molecule has 0 saturated carbocycles. The molecule has 0 amide bonds. The van der Waals surface area contributed by atoms with Crippen LogP contribution in [0.25, 0.3) is 0 Å². The minimum absolute atomic E-state index is 0.00550. The average Bonchev–Trinajstić information content (AvgIpc) is 2.25. The van der Waals surface area contributed by atoms with Crippen LogP contribution in [-0.4, -0.2) is 46.5 Å². The lowest BCUT2D eigenvalue weighted by Gasteiger charge is -2.27. The van der Waals surface area contributed by atoms with Gasteiger partial charge in [-0.25, -0.2) is 18.4 Å². The van der Waals surface area contributed by atoms with E-state index in [1.165, 1.54) is 4.31 Å². The van der Waals surface area contributed by atoms with Crippen LogP contribution in [0.3, 0.4) is 0 Å². The van der Waals surface area contributed by atoms with Crippen molar-refractivity contribution in [3.05, 3.63) is 17.7 Å². The molecule has 1 aromatic rings. The van der Waals surface area contributed by atoms with Crippen LogP contribution in [0.1, 0.15) is 20.8 Å². The summed E-state index contributed by atoms with van der Waals surface area (Å²) in [5.74, 6) is 0. The van der Waals surface area contributed by atoms with Crippen molar-refractivity contribution in [3.8, 4) is 0 Å². The molecule has 8 heteroatoms. The van der Waals surface area contributed by atoms with Crippen LogP contribution in [0.4, 0.5) is 0 Å². The van der Waals surface area contributed by atoms with E-state index in [0.29, 0.717) is 0 Å². The smallest absolute Gasteiger partial charge is 0.246 e. The van der Waals surface area contributed by atoms with Gasteiger partial charge in [-0.15, -0.1) is 0 Å². The zero-order chi connectivity index (χ0) is 14.0. The number of rotatable bonds is 5. The minimum atomic E-state index is -3.71. The second-order valence-electron chi connectivity index (χ2n) is 4.43. The maximum Gasteiger partial charge on any atom is 0.246 e. The topological polar surface area (TPSA) is 83.4 Å². The highest BCUT2D eigenvalue weighted by atomic mass is 35.5. The Kier molecular flexibility index (Phi) is 4.66. The summed E-state index contributed by atoms with van der Waals surface area (Å²) in [7, 11) is -3.71. The number of hydrogen-bond donors (Lipinski definition) is 1. The quantitative estimate of drug-likeness (QED) is 0.816. The van der Waals surface area contributed by atoms with E-state index < -0.39 is 15.6 Å². The van der Waals surface area contributed by atoms with Gasteiger partial charge in [0.25, 0.3) is 0 Å². The van der Waals surface area contributed by atoms with Crippen LogP contribution < -0.4 is 0 Å². The molecule has 0 aromatic carbocycles. The summed E-state index contributed by atoms with van der Waals surface area (Å²) >= 11 is 5.51. The van der Waals surface area contributed by atoms with Crippen molar-refractivity contribution >= 4 is 21.6 Å². The second-order valence-corrected chi connectivity index (χ2v) is 6.71. The third kappa shape index (κ3) is 3.88. The summed E-state index contributed by atoms with van der Waals surface area (Å²) in [6.07, 6.45) is 2.30. The van der Waals surface area contributed by atoms with E-state index in [9.17, 15) is 13.5 Å². The molecule has 0 fully saturated rings. The number of nitrogens with zero attached hydrogens (tertiary/aromatic N) is 3. The molecule has 0 bridgehead atoms. The van der Waals surface area contributed by atoms with Crippen molar-refractivity contribution in [2.24, 2.45) is 0 Å². The molecule has 102 valence electrons. The largest absolute Gasteiger partial charge is 0.389 e. The number of sulfonamides is 1. The number of halogens is 1. The van der Waals surface area contributed by atoms with Crippen LogP contribution >= 0.6 is 11.6 Å². The van der Waals surface area contributed by atoms with Gasteiger partial charge in [0.15, 0.2) is 0 Å². The van der Waals surface area contributed by atoms with Gasteiger partial charge in [-0.2, -0.15) is 4.31 Å². The monoisotopic (exact) mass is 293 g/mol. The molecule has 0 aliphatic carbocycles. The summed E-state index contributed by atoms with van der Waals surface area (Å²) in [4.78, 5) is 7.25. The number of aliphatic hydroxyl groups is 1. The summed E-state index contributed by atoms with van der Waals surface area (Å²) in [6.45, 7) is 5.02. The van der Waals surface area contributed by atoms with Crippen molar-refractivity contribution in [2.45, 2.75) is 31.3 Å². The first-order valence-electron chi connectivity index (χ1n) is 5.37. The Labute approximate surface area is 112 Å². The Morgan fingerprint density at radius 1 is 1.39 bits per heavy atom. The molecular formula is C10H16ClN3O3S. The molecule has 1 rings (SSSR count). The SMILES string of the molecule is CCN(CC(C)(C)O)S(=O)(=O)c1cnc(Cl)nc1. The molecule has 0 spiro atoms. The van der Waals surface area contributed by atoms with Crippen molar-refractivity contribution in [3.63, 3.8) is 0 Å². The molecule has 0 atom stereocenters. The third-order valence-electron chi connectivity index (χ3n) is 2.15. The Bertz CT molecular complexity index is 496. The first-order valence-corrected chi connectivity index (χ1v) is 7.18. The van der Waals surface area contributed by atoms with Gasteiger partial charge in [-0.1, -0.05) is 6.92 Å². The van der Waals surface area contributed by atoms with E-state index in [2.05, 4.69) is 9.97 Å². The minimum Gasteiger partial charge on any atom is -0.389 e. The molecule has 0 aliphatic rings. The predicted octanol–water partition coefficient (Wildman–Crippen LogP) is 0.912. The van der Waals surface area contributed by atoms with Gasteiger partial charge in [0.2, 0.25) is 15.3 Å². The van der Waals surface area contributed by atoms with E-state index in [1.807, 2.05) is 0 Å². The van der Waals surface area contributed by atoms with Crippen LogP contribution in [-0.2, 0) is 10.0 Å². The molecule has 0 aliphatic heterocycles. The molecule has 1 heterocycles. The summed E-state index contributed by atoms with van der Waals surface area (Å²) in [6, 6.07) is 0. The molecular weight excluding hydrogens is 278 g/mol. The fraction of sp³-hybridized carbons (Fsp3) is 0.600. The zero-order valence-corrected chi connectivity index (χ0v) is 12.0. The van der Waals surface area contributed by atoms with Crippen LogP contribution in [0, 0.1) is 0 Å². The molecule has 0 radical (unpaired) electrons. The van der Waals surface area contributed by atoms with Gasteiger partial charge in [0, 0.05) is 13.1 Å². The van der Waals surface area contributed by atoms with Crippen molar-refractivity contribution < 1.29 is 13.5 Å². The Morgan fingerprint density at radius 2 is 1.89 bits per heavy atom. The van der Waals surface area contributed by atoms with E-state index in [4.69, 9.17) is 11.6 Å². The Balaban J connectivity index is 3.07. The first-order chi connectivity index (χ1) is 8.16. The lowest BCUT2D eigenvalue weighted by molar-refractivity contribution is 0.0601. The van der Waals surface area contributed by atoms with E-state index in [-0.39, 0.29) is 23.3 Å². The predicted molar refractivity (Wildman–Crippen MR) is 67.8 cm³/mol. The second kappa shape index (κ2) is 5.48. The van der Waals surface area contributed by atoms with Gasteiger partial charge in [-0.3, -0.25) is 0 Å². The van der Waals surface area contributed by atoms with Gasteiger partial charge in [0.05, 0.1) is 18.0 Å². The van der Waals surface area contributed by atoms with Crippen molar-refractivity contribution in [1.82, 2.24) is 14.3 Å². The van der Waals surface area contributed by atoms with Gasteiger partial charge in [0.1, 0.15) is 4.90 Å². The van der Waals surface area contributed by atoms with E-state index in [1.54, 1.807) is 20.8 Å². The standard InChI is InChI=1S/C10H16ClN3O3S/c1-4-14(7-10(2,3)15)18(16,17)8-5-12-9(11)13-6-8/h5-6,15H,4,7H2,1-3H3. The van der Waals surface area contributed by atoms with E-state index in [0.717, 1.165) is 12.4 Å². The van der Waals surface area contributed by atoms with Gasteiger partial charge in [-0.05, 0) is 25.4 Å². The molecule has 0 saturated heterocycles. The third-order valence-corrected chi connectivity index (χ3v) is 4.22. The molecule has 1 aromatic heterocycles. The lowest BCUT2D eigenvalue weighted by atomic mass is 10.1. The fourth-order valence-electron chi connectivity index (χ4n) is 1.38. The number of aromatic nitrogens is 2. The maximum atomic E-state index is 12.2. The van der Waals surface area contributed by atoms with Gasteiger partial charge < -0.3 is 5.11 Å². The van der Waals surface area contributed by atoms with Crippen LogP contribution in [0.5, 0.6) is 0 Å². The highest BCUT2D eigenvalue weighted by Gasteiger charge is 2.28. The zero-order valence-electron chi connectivity index (χ0n) is 10.5. The van der Waals surface area contributed by atoms with Crippen LogP contribution in [0.15, 0.2) is 17.3 Å². The first kappa shape index (κ1) is 15.3. The molecule has 0 unspecified atom stereocenters. The normalized spacial score (nSPS) is 13.0. The Hall–Kier alpha value is -0.760. The fourth-order valence-corrected chi connectivity index (χ4v) is 2.97. The Morgan fingerprint density at radius 3 is 2.28 bits per heavy atom. The highest BCUT2D eigenvalue weighted by Crippen LogP contribution is 2.17. The summed E-state index contributed by atoms with van der Waals surface area (Å²) in [5, 5.41) is 9.70. The molecule has 6 nitrogen and oxygen atoms in total. The number of likely N-dealkylation sites (N-methyl/N-ethyl adjacent to an activating group) is 1. The van der Waals surface area contributed by atoms with Gasteiger partial charge >= 0.3 is 0 Å². The molecule has 18 heavy (non-hydrogen) atoms. The summed E-state index contributed by atoms with van der Waals surface area (Å²) < 4.78 is 25.7. The maximum absolute atomic E-state index is 12.2. The summed E-state index contributed by atoms with van der Waals surface area (Å²) in [5.41, 5.74) is -1.11. The highest BCUT2D eigenvalue weighted by molar-refractivity contribution is 7.89. The average molecular weight is 294 g/mol. The number of hydrogen-bond acceptors (Lipinski definition) is 5.